The molecular formula is C21H15BrFN3O2. The molecule has 0 spiro atoms. The van der Waals surface area contributed by atoms with Gasteiger partial charge in [-0.1, -0.05) is 40.2 Å². The molecule has 0 N–H and O–H groups in total. The quantitative estimate of drug-likeness (QED) is 0.488. The van der Waals surface area contributed by atoms with Gasteiger partial charge in [-0.25, -0.2) is 14.2 Å². The first-order valence-electron chi connectivity index (χ1n) is 8.60. The molecule has 28 heavy (non-hydrogen) atoms. The monoisotopic (exact) mass is 439 g/mol. The van der Waals surface area contributed by atoms with Gasteiger partial charge in [-0.05, 0) is 47.5 Å². The molecule has 0 bridgehead atoms. The molecule has 0 atom stereocenters. The highest BCUT2D eigenvalue weighted by Gasteiger charge is 2.14. The predicted octanol–water partition coefficient (Wildman–Crippen LogP) is 3.56. The van der Waals surface area contributed by atoms with Crippen LogP contribution >= 0.6 is 15.9 Å². The van der Waals surface area contributed by atoms with E-state index in [9.17, 15) is 14.0 Å². The first kappa shape index (κ1) is 18.3. The van der Waals surface area contributed by atoms with Crippen LogP contribution in [0.2, 0.25) is 0 Å². The lowest BCUT2D eigenvalue weighted by Gasteiger charge is -2.14. The van der Waals surface area contributed by atoms with Crippen LogP contribution in [0.3, 0.4) is 0 Å². The Morgan fingerprint density at radius 3 is 2.14 bits per heavy atom. The van der Waals surface area contributed by atoms with E-state index < -0.39 is 11.2 Å². The highest BCUT2D eigenvalue weighted by molar-refractivity contribution is 9.10. The molecule has 7 heteroatoms. The van der Waals surface area contributed by atoms with Crippen LogP contribution in [0.25, 0.3) is 11.0 Å². The predicted molar refractivity (Wildman–Crippen MR) is 109 cm³/mol. The zero-order valence-corrected chi connectivity index (χ0v) is 16.3. The van der Waals surface area contributed by atoms with Gasteiger partial charge < -0.3 is 0 Å². The van der Waals surface area contributed by atoms with E-state index in [0.717, 1.165) is 14.6 Å². The minimum absolute atomic E-state index is 0.0464. The van der Waals surface area contributed by atoms with E-state index in [2.05, 4.69) is 20.9 Å². The maximum Gasteiger partial charge on any atom is 0.332 e. The van der Waals surface area contributed by atoms with Gasteiger partial charge in [0.05, 0.1) is 18.6 Å². The minimum Gasteiger partial charge on any atom is -0.287 e. The third-order valence-electron chi connectivity index (χ3n) is 4.49. The van der Waals surface area contributed by atoms with Gasteiger partial charge in [-0.15, -0.1) is 0 Å². The average Bonchev–Trinajstić information content (AvgIpc) is 2.71. The maximum atomic E-state index is 13.2. The number of benzene rings is 2. The number of nitrogens with zero attached hydrogens (tertiary/aromatic N) is 3. The second kappa shape index (κ2) is 7.52. The Labute approximate surface area is 167 Å². The van der Waals surface area contributed by atoms with Gasteiger partial charge in [0.1, 0.15) is 5.82 Å². The van der Waals surface area contributed by atoms with Gasteiger partial charge in [-0.2, -0.15) is 0 Å². The van der Waals surface area contributed by atoms with E-state index in [1.165, 1.54) is 22.9 Å². The van der Waals surface area contributed by atoms with Crippen molar-refractivity contribution in [3.8, 4) is 0 Å². The molecule has 4 rings (SSSR count). The van der Waals surface area contributed by atoms with Crippen LogP contribution in [-0.2, 0) is 13.1 Å². The summed E-state index contributed by atoms with van der Waals surface area (Å²) in [5.41, 5.74) is 1.39. The molecule has 2 aromatic heterocycles. The van der Waals surface area contributed by atoms with E-state index in [4.69, 9.17) is 0 Å². The first-order chi connectivity index (χ1) is 13.5. The lowest BCUT2D eigenvalue weighted by atomic mass is 10.2. The standard InChI is InChI=1S/C21H15BrFN3O2/c22-16-7-3-14(4-8-16)12-25-18-2-1-11-24-19(18)20(27)26(21(25)28)13-15-5-9-17(23)10-6-15/h1-11H,12-13H2. The minimum atomic E-state index is -0.461. The lowest BCUT2D eigenvalue weighted by molar-refractivity contribution is 0.619. The van der Waals surface area contributed by atoms with Crippen LogP contribution in [0.5, 0.6) is 0 Å². The molecule has 0 saturated carbocycles. The highest BCUT2D eigenvalue weighted by atomic mass is 79.9. The molecule has 0 saturated heterocycles. The second-order valence-corrected chi connectivity index (χ2v) is 7.30. The van der Waals surface area contributed by atoms with Crippen molar-refractivity contribution >= 4 is 27.0 Å². The number of aromatic nitrogens is 3. The number of hydrogen-bond donors (Lipinski definition) is 0. The van der Waals surface area contributed by atoms with Gasteiger partial charge >= 0.3 is 5.69 Å². The summed E-state index contributed by atoms with van der Waals surface area (Å²) in [6.07, 6.45) is 1.53. The Morgan fingerprint density at radius 1 is 0.857 bits per heavy atom. The van der Waals surface area contributed by atoms with Crippen LogP contribution < -0.4 is 11.2 Å². The molecule has 0 fully saturated rings. The maximum absolute atomic E-state index is 13.2. The molecule has 0 radical (unpaired) electrons. The smallest absolute Gasteiger partial charge is 0.287 e. The molecule has 0 aliphatic rings. The molecule has 2 heterocycles. The molecular weight excluding hydrogens is 425 g/mol. The molecule has 0 aliphatic carbocycles. The molecule has 0 aliphatic heterocycles. The summed E-state index contributed by atoms with van der Waals surface area (Å²) in [5.74, 6) is -0.371. The fraction of sp³-hybridized carbons (Fsp3) is 0.0952. The number of pyridine rings is 1. The third-order valence-corrected chi connectivity index (χ3v) is 5.02. The van der Waals surface area contributed by atoms with E-state index in [1.54, 1.807) is 24.3 Å². The van der Waals surface area contributed by atoms with Crippen molar-refractivity contribution in [2.24, 2.45) is 0 Å². The second-order valence-electron chi connectivity index (χ2n) is 6.38. The van der Waals surface area contributed by atoms with Crippen LogP contribution in [0, 0.1) is 5.82 Å². The number of rotatable bonds is 4. The Balaban J connectivity index is 1.88. The van der Waals surface area contributed by atoms with Crippen LogP contribution in [-0.4, -0.2) is 14.1 Å². The zero-order valence-electron chi connectivity index (χ0n) is 14.7. The average molecular weight is 440 g/mol. The van der Waals surface area contributed by atoms with Crippen LogP contribution in [0.1, 0.15) is 11.1 Å². The summed E-state index contributed by atoms with van der Waals surface area (Å²) in [7, 11) is 0. The topological polar surface area (TPSA) is 56.9 Å². The van der Waals surface area contributed by atoms with Crippen LogP contribution in [0.4, 0.5) is 4.39 Å². The lowest BCUT2D eigenvalue weighted by Crippen LogP contribution is -2.40. The van der Waals surface area contributed by atoms with Crippen molar-refractivity contribution in [3.05, 3.63) is 109 Å². The molecule has 0 unspecified atom stereocenters. The van der Waals surface area contributed by atoms with Gasteiger partial charge in [0.15, 0.2) is 5.52 Å². The third kappa shape index (κ3) is 3.53. The summed E-state index contributed by atoms with van der Waals surface area (Å²) in [5, 5.41) is 0. The first-order valence-corrected chi connectivity index (χ1v) is 9.39. The Morgan fingerprint density at radius 2 is 1.46 bits per heavy atom. The van der Waals surface area contributed by atoms with Crippen molar-refractivity contribution in [1.29, 1.82) is 0 Å². The molecule has 0 amide bonds. The fourth-order valence-corrected chi connectivity index (χ4v) is 3.34. The summed E-state index contributed by atoms with van der Waals surface area (Å²) in [6, 6.07) is 16.8. The normalized spacial score (nSPS) is 11.1. The van der Waals surface area contributed by atoms with Gasteiger partial charge in [-0.3, -0.25) is 13.9 Å². The van der Waals surface area contributed by atoms with E-state index in [0.29, 0.717) is 17.6 Å². The SMILES string of the molecule is O=c1c2ncccc2n(Cc2ccc(Br)cc2)c(=O)n1Cc1ccc(F)cc1. The summed E-state index contributed by atoms with van der Waals surface area (Å²) < 4.78 is 16.8. The van der Waals surface area contributed by atoms with Gasteiger partial charge in [0, 0.05) is 10.7 Å². The summed E-state index contributed by atoms with van der Waals surface area (Å²) in [4.78, 5) is 30.2. The summed E-state index contributed by atoms with van der Waals surface area (Å²) in [6.45, 7) is 0.350. The van der Waals surface area contributed by atoms with Gasteiger partial charge in [0.2, 0.25) is 0 Å². The van der Waals surface area contributed by atoms with E-state index >= 15 is 0 Å². The molecule has 4 aromatic rings. The van der Waals surface area contributed by atoms with E-state index in [1.807, 2.05) is 24.3 Å². The van der Waals surface area contributed by atoms with Gasteiger partial charge in [0.25, 0.3) is 5.56 Å². The largest absolute Gasteiger partial charge is 0.332 e. The van der Waals surface area contributed by atoms with Crippen LogP contribution in [0.15, 0.2) is 80.9 Å². The Bertz CT molecular complexity index is 1260. The number of halogens is 2. The summed E-state index contributed by atoms with van der Waals surface area (Å²) >= 11 is 3.40. The highest BCUT2D eigenvalue weighted by Crippen LogP contribution is 2.13. The van der Waals surface area contributed by atoms with Crippen molar-refractivity contribution in [2.75, 3.05) is 0 Å². The number of fused-ring (bicyclic) bond motifs is 1. The van der Waals surface area contributed by atoms with Crippen molar-refractivity contribution in [1.82, 2.24) is 14.1 Å². The molecule has 5 nitrogen and oxygen atoms in total. The van der Waals surface area contributed by atoms with Crippen molar-refractivity contribution in [3.63, 3.8) is 0 Å². The van der Waals surface area contributed by atoms with E-state index in [-0.39, 0.29) is 17.9 Å². The van der Waals surface area contributed by atoms with Crippen molar-refractivity contribution < 1.29 is 4.39 Å². The molecule has 2 aromatic carbocycles. The number of hydrogen-bond acceptors (Lipinski definition) is 3. The zero-order chi connectivity index (χ0) is 19.7. The fourth-order valence-electron chi connectivity index (χ4n) is 3.08. The van der Waals surface area contributed by atoms with Crippen molar-refractivity contribution in [2.45, 2.75) is 13.1 Å². The Kier molecular flexibility index (Phi) is 4.92. The molecule has 140 valence electrons. The Hall–Kier alpha value is -3.06.